The summed E-state index contributed by atoms with van der Waals surface area (Å²) in [5.74, 6) is -2.66. The van der Waals surface area contributed by atoms with E-state index in [1.54, 1.807) is 42.5 Å². The van der Waals surface area contributed by atoms with Gasteiger partial charge in [0.1, 0.15) is 17.8 Å². The third kappa shape index (κ3) is 6.87. The maximum absolute atomic E-state index is 12.4. The van der Waals surface area contributed by atoms with E-state index in [1.807, 2.05) is 0 Å². The predicted octanol–water partition coefficient (Wildman–Crippen LogP) is -0.449. The van der Waals surface area contributed by atoms with Crippen LogP contribution in [0.1, 0.15) is 11.1 Å². The number of carbonyl (C=O) groups is 3. The number of aliphatic hydroxyl groups excluding tert-OH is 1. The molecule has 9 nitrogen and oxygen atoms in total. The summed E-state index contributed by atoms with van der Waals surface area (Å²) in [5, 5.41) is 32.8. The molecule has 3 atom stereocenters. The first-order valence-electron chi connectivity index (χ1n) is 9.32. The zero-order chi connectivity index (χ0) is 22.1. The Morgan fingerprint density at radius 1 is 0.833 bits per heavy atom. The number of amides is 2. The van der Waals surface area contributed by atoms with Crippen molar-refractivity contribution in [3.05, 3.63) is 65.7 Å². The first-order valence-corrected chi connectivity index (χ1v) is 9.32. The number of carbonyl (C=O) groups excluding carboxylic acids is 2. The van der Waals surface area contributed by atoms with E-state index >= 15 is 0 Å². The Balaban J connectivity index is 1.95. The Kier molecular flexibility index (Phi) is 8.33. The van der Waals surface area contributed by atoms with E-state index in [0.29, 0.717) is 11.1 Å². The van der Waals surface area contributed by atoms with E-state index in [0.717, 1.165) is 0 Å². The molecular formula is C21H25N3O6. The Labute approximate surface area is 173 Å². The van der Waals surface area contributed by atoms with Gasteiger partial charge in [0.05, 0.1) is 12.6 Å². The highest BCUT2D eigenvalue weighted by atomic mass is 16.4. The molecule has 2 aromatic carbocycles. The van der Waals surface area contributed by atoms with Crippen LogP contribution in [0.2, 0.25) is 0 Å². The van der Waals surface area contributed by atoms with Crippen LogP contribution in [0.3, 0.4) is 0 Å². The zero-order valence-corrected chi connectivity index (χ0v) is 16.2. The van der Waals surface area contributed by atoms with Gasteiger partial charge < -0.3 is 31.7 Å². The first kappa shape index (κ1) is 22.9. The van der Waals surface area contributed by atoms with Gasteiger partial charge in [0.25, 0.3) is 0 Å². The second kappa shape index (κ2) is 10.9. The van der Waals surface area contributed by atoms with Crippen LogP contribution < -0.4 is 16.4 Å². The molecule has 2 rings (SSSR count). The molecule has 9 heteroatoms. The fraction of sp³-hybridized carbons (Fsp3) is 0.286. The van der Waals surface area contributed by atoms with E-state index in [2.05, 4.69) is 10.6 Å². The summed E-state index contributed by atoms with van der Waals surface area (Å²) in [6, 6.07) is 11.3. The van der Waals surface area contributed by atoms with Crippen LogP contribution in [0.25, 0.3) is 0 Å². The summed E-state index contributed by atoms with van der Waals surface area (Å²) in [6.45, 7) is -0.721. The van der Waals surface area contributed by atoms with Crippen molar-refractivity contribution in [2.45, 2.75) is 31.0 Å². The molecule has 7 N–H and O–H groups in total. The lowest BCUT2D eigenvalue weighted by Gasteiger charge is -2.21. The number of hydrogen-bond donors (Lipinski definition) is 6. The molecular weight excluding hydrogens is 390 g/mol. The number of carboxylic acid groups (broad SMARTS) is 1. The molecule has 0 spiro atoms. The van der Waals surface area contributed by atoms with Gasteiger partial charge in [-0.15, -0.1) is 0 Å². The number of nitrogens with one attached hydrogen (secondary N) is 2. The number of aliphatic carboxylic acids is 1. The monoisotopic (exact) mass is 415 g/mol. The summed E-state index contributed by atoms with van der Waals surface area (Å²) in [6.07, 6.45) is 0.200. The second-order valence-electron chi connectivity index (χ2n) is 6.81. The summed E-state index contributed by atoms with van der Waals surface area (Å²) < 4.78 is 0. The number of rotatable bonds is 10. The largest absolute Gasteiger partial charge is 0.508 e. The second-order valence-corrected chi connectivity index (χ2v) is 6.81. The van der Waals surface area contributed by atoms with Crippen LogP contribution in [0, 0.1) is 0 Å². The summed E-state index contributed by atoms with van der Waals surface area (Å²) >= 11 is 0. The average Bonchev–Trinajstić information content (AvgIpc) is 2.73. The molecule has 0 heterocycles. The molecule has 0 unspecified atom stereocenters. The molecule has 30 heavy (non-hydrogen) atoms. The number of hydrogen-bond acceptors (Lipinski definition) is 6. The molecule has 0 radical (unpaired) electrons. The average molecular weight is 415 g/mol. The molecule has 0 aliphatic rings. The summed E-state index contributed by atoms with van der Waals surface area (Å²) in [7, 11) is 0. The van der Waals surface area contributed by atoms with E-state index in [-0.39, 0.29) is 18.6 Å². The van der Waals surface area contributed by atoms with Crippen molar-refractivity contribution >= 4 is 17.8 Å². The highest BCUT2D eigenvalue weighted by Crippen LogP contribution is 2.11. The van der Waals surface area contributed by atoms with Crippen LogP contribution in [0.15, 0.2) is 54.6 Å². The van der Waals surface area contributed by atoms with Crippen LogP contribution >= 0.6 is 0 Å². The molecule has 0 saturated carbocycles. The minimum Gasteiger partial charge on any atom is -0.508 e. The lowest BCUT2D eigenvalue weighted by atomic mass is 10.0. The quantitative estimate of drug-likeness (QED) is 0.306. The molecule has 0 fully saturated rings. The van der Waals surface area contributed by atoms with E-state index < -0.39 is 42.5 Å². The van der Waals surface area contributed by atoms with Crippen molar-refractivity contribution in [1.29, 1.82) is 0 Å². The fourth-order valence-electron chi connectivity index (χ4n) is 2.77. The Morgan fingerprint density at radius 2 is 1.40 bits per heavy atom. The molecule has 2 amide bonds. The topological polar surface area (TPSA) is 162 Å². The molecule has 0 aliphatic carbocycles. The Bertz CT molecular complexity index is 857. The minimum atomic E-state index is -1.35. The van der Waals surface area contributed by atoms with Gasteiger partial charge in [-0.25, -0.2) is 4.79 Å². The van der Waals surface area contributed by atoms with Gasteiger partial charge in [-0.05, 0) is 29.7 Å². The number of phenols is 1. The Hall–Kier alpha value is -3.43. The van der Waals surface area contributed by atoms with Gasteiger partial charge >= 0.3 is 5.97 Å². The number of benzene rings is 2. The molecule has 0 aliphatic heterocycles. The standard InChI is InChI=1S/C21H25N3O6/c22-16(10-14-6-8-15(26)9-7-14)19(27)24-18(12-25)20(28)23-17(21(29)30)11-13-4-2-1-3-5-13/h1-9,16-18,25-26H,10-12,22H2,(H,23,28)(H,24,27)(H,29,30)/t16-,17-,18-/m0/s1. The highest BCUT2D eigenvalue weighted by Gasteiger charge is 2.27. The smallest absolute Gasteiger partial charge is 0.326 e. The van der Waals surface area contributed by atoms with Crippen molar-refractivity contribution in [3.8, 4) is 5.75 Å². The molecule has 0 saturated heterocycles. The van der Waals surface area contributed by atoms with E-state index in [4.69, 9.17) is 5.73 Å². The van der Waals surface area contributed by atoms with Gasteiger partial charge in [0.15, 0.2) is 0 Å². The number of carboxylic acids is 1. The van der Waals surface area contributed by atoms with Crippen LogP contribution in [-0.2, 0) is 27.2 Å². The van der Waals surface area contributed by atoms with Crippen LogP contribution in [0.4, 0.5) is 0 Å². The number of aliphatic hydroxyl groups is 1. The van der Waals surface area contributed by atoms with Gasteiger partial charge in [-0.3, -0.25) is 9.59 Å². The first-order chi connectivity index (χ1) is 14.3. The Morgan fingerprint density at radius 3 is 1.97 bits per heavy atom. The van der Waals surface area contributed by atoms with Crippen molar-refractivity contribution in [3.63, 3.8) is 0 Å². The van der Waals surface area contributed by atoms with E-state index in [9.17, 15) is 29.7 Å². The molecule has 0 bridgehead atoms. The number of nitrogens with two attached hydrogens (primary N) is 1. The van der Waals surface area contributed by atoms with Crippen molar-refractivity contribution < 1.29 is 29.7 Å². The zero-order valence-electron chi connectivity index (χ0n) is 16.2. The number of phenolic OH excluding ortho intramolecular Hbond substituents is 1. The van der Waals surface area contributed by atoms with Crippen LogP contribution in [0.5, 0.6) is 5.75 Å². The van der Waals surface area contributed by atoms with Gasteiger partial charge in [0.2, 0.25) is 11.8 Å². The van der Waals surface area contributed by atoms with Gasteiger partial charge in [0, 0.05) is 6.42 Å². The summed E-state index contributed by atoms with van der Waals surface area (Å²) in [5.41, 5.74) is 7.28. The van der Waals surface area contributed by atoms with Gasteiger partial charge in [-0.1, -0.05) is 42.5 Å². The fourth-order valence-corrected chi connectivity index (χ4v) is 2.77. The van der Waals surface area contributed by atoms with Crippen molar-refractivity contribution in [2.24, 2.45) is 5.73 Å². The molecule has 2 aromatic rings. The maximum atomic E-state index is 12.4. The maximum Gasteiger partial charge on any atom is 0.326 e. The molecule has 0 aromatic heterocycles. The van der Waals surface area contributed by atoms with Gasteiger partial charge in [-0.2, -0.15) is 0 Å². The summed E-state index contributed by atoms with van der Waals surface area (Å²) in [4.78, 5) is 36.2. The van der Waals surface area contributed by atoms with Crippen molar-refractivity contribution in [2.75, 3.05) is 6.61 Å². The molecule has 160 valence electrons. The lowest BCUT2D eigenvalue weighted by Crippen LogP contribution is -2.56. The minimum absolute atomic E-state index is 0.0500. The highest BCUT2D eigenvalue weighted by molar-refractivity contribution is 5.92. The lowest BCUT2D eigenvalue weighted by molar-refractivity contribution is -0.142. The normalized spacial score (nSPS) is 13.7. The van der Waals surface area contributed by atoms with Crippen LogP contribution in [-0.4, -0.2) is 57.8 Å². The SMILES string of the molecule is N[C@@H](Cc1ccc(O)cc1)C(=O)N[C@@H](CO)C(=O)N[C@@H](Cc1ccccc1)C(=O)O. The third-order valence-electron chi connectivity index (χ3n) is 4.44. The van der Waals surface area contributed by atoms with Crippen molar-refractivity contribution in [1.82, 2.24) is 10.6 Å². The third-order valence-corrected chi connectivity index (χ3v) is 4.44. The number of aromatic hydroxyl groups is 1. The predicted molar refractivity (Wildman–Crippen MR) is 109 cm³/mol. The van der Waals surface area contributed by atoms with E-state index in [1.165, 1.54) is 12.1 Å².